The molecule has 2 heterocycles. The molecule has 0 bridgehead atoms. The Morgan fingerprint density at radius 1 is 0.487 bits per heavy atom. The molecule has 1 aliphatic carbocycles. The number of hydrogen-bond acceptors (Lipinski definition) is 1. The van der Waals surface area contributed by atoms with Crippen LogP contribution < -0.4 is 0 Å². The first-order chi connectivity index (χ1) is 19.3. The highest BCUT2D eigenvalue weighted by molar-refractivity contribution is 6.11. The van der Waals surface area contributed by atoms with Crippen molar-refractivity contribution in [2.24, 2.45) is 0 Å². The van der Waals surface area contributed by atoms with E-state index in [1.807, 2.05) is 6.07 Å². The minimum atomic E-state index is 0.932. The average Bonchev–Trinajstić information content (AvgIpc) is 3.66. The Balaban J connectivity index is 1.30. The van der Waals surface area contributed by atoms with Crippen LogP contribution in [0.2, 0.25) is 0 Å². The minimum Gasteiger partial charge on any atom is -0.455 e. The highest BCUT2D eigenvalue weighted by atomic mass is 16.3. The molecule has 0 saturated carbocycles. The van der Waals surface area contributed by atoms with Crippen LogP contribution in [0, 0.1) is 0 Å². The van der Waals surface area contributed by atoms with Crippen molar-refractivity contribution in [3.63, 3.8) is 0 Å². The van der Waals surface area contributed by atoms with Crippen LogP contribution >= 0.6 is 0 Å². The summed E-state index contributed by atoms with van der Waals surface area (Å²) in [5.74, 6) is 0. The highest BCUT2D eigenvalue weighted by Crippen LogP contribution is 2.46. The normalized spacial score (nSPS) is 12.5. The number of aromatic nitrogens is 1. The zero-order valence-corrected chi connectivity index (χ0v) is 21.2. The van der Waals surface area contributed by atoms with Gasteiger partial charge in [-0.1, -0.05) is 97.1 Å². The van der Waals surface area contributed by atoms with Gasteiger partial charge in [-0.15, -0.1) is 0 Å². The Morgan fingerprint density at radius 2 is 1.15 bits per heavy atom. The van der Waals surface area contributed by atoms with Crippen molar-refractivity contribution in [2.45, 2.75) is 6.42 Å². The summed E-state index contributed by atoms with van der Waals surface area (Å²) < 4.78 is 8.87. The summed E-state index contributed by atoms with van der Waals surface area (Å²) in [6.45, 7) is 0. The first-order valence-electron chi connectivity index (χ1n) is 13.5. The van der Waals surface area contributed by atoms with Crippen LogP contribution in [-0.4, -0.2) is 4.57 Å². The highest BCUT2D eigenvalue weighted by Gasteiger charge is 2.25. The van der Waals surface area contributed by atoms with Crippen LogP contribution in [0.5, 0.6) is 0 Å². The minimum absolute atomic E-state index is 0.932. The van der Waals surface area contributed by atoms with Crippen molar-refractivity contribution in [3.8, 4) is 27.9 Å². The third kappa shape index (κ3) is 2.86. The molecule has 0 N–H and O–H groups in total. The molecule has 8 aromatic rings. The lowest BCUT2D eigenvalue weighted by Crippen LogP contribution is -1.95. The molecule has 2 heteroatoms. The number of benzene rings is 6. The van der Waals surface area contributed by atoms with E-state index in [9.17, 15) is 0 Å². The predicted molar refractivity (Wildman–Crippen MR) is 162 cm³/mol. The second kappa shape index (κ2) is 7.72. The van der Waals surface area contributed by atoms with E-state index in [1.54, 1.807) is 0 Å². The van der Waals surface area contributed by atoms with Crippen molar-refractivity contribution in [1.29, 1.82) is 0 Å². The van der Waals surface area contributed by atoms with Gasteiger partial charge >= 0.3 is 0 Å². The number of furan rings is 1. The van der Waals surface area contributed by atoms with Gasteiger partial charge in [0.1, 0.15) is 11.2 Å². The Morgan fingerprint density at radius 3 is 1.97 bits per heavy atom. The average molecular weight is 498 g/mol. The lowest BCUT2D eigenvalue weighted by molar-refractivity contribution is 0.670. The summed E-state index contributed by atoms with van der Waals surface area (Å²) in [7, 11) is 0. The largest absolute Gasteiger partial charge is 0.455 e. The van der Waals surface area contributed by atoms with E-state index in [0.29, 0.717) is 0 Å². The molecule has 1 aliphatic rings. The van der Waals surface area contributed by atoms with Crippen molar-refractivity contribution in [1.82, 2.24) is 4.57 Å². The molecule has 39 heavy (non-hydrogen) atoms. The lowest BCUT2D eigenvalue weighted by atomic mass is 9.93. The van der Waals surface area contributed by atoms with Crippen LogP contribution in [0.15, 0.2) is 132 Å². The quantitative estimate of drug-likeness (QED) is 0.232. The molecule has 0 saturated heterocycles. The summed E-state index contributed by atoms with van der Waals surface area (Å²) in [5, 5.41) is 4.89. The van der Waals surface area contributed by atoms with E-state index < -0.39 is 0 Å². The van der Waals surface area contributed by atoms with E-state index in [-0.39, 0.29) is 0 Å². The topological polar surface area (TPSA) is 18.1 Å². The molecule has 0 radical (unpaired) electrons. The fourth-order valence-electron chi connectivity index (χ4n) is 6.75. The van der Waals surface area contributed by atoms with Gasteiger partial charge in [0.2, 0.25) is 0 Å². The maximum atomic E-state index is 6.46. The molecule has 182 valence electrons. The van der Waals surface area contributed by atoms with Gasteiger partial charge in [0.05, 0.1) is 11.0 Å². The monoisotopic (exact) mass is 497 g/mol. The van der Waals surface area contributed by atoms with E-state index in [4.69, 9.17) is 4.42 Å². The number of para-hydroxylation sites is 4. The van der Waals surface area contributed by atoms with Gasteiger partial charge in [-0.05, 0) is 64.6 Å². The van der Waals surface area contributed by atoms with Crippen molar-refractivity contribution in [3.05, 3.63) is 139 Å². The SMILES string of the molecule is c1cc2c(c(-c3cccc4c3oc3ccccc34)c1)-c1cc(-n3c4ccccc4c4ccccc43)ccc1C2. The second-order valence-corrected chi connectivity index (χ2v) is 10.5. The zero-order chi connectivity index (χ0) is 25.5. The van der Waals surface area contributed by atoms with Gasteiger partial charge in [0, 0.05) is 32.8 Å². The Bertz CT molecular complexity index is 2210. The molecular formula is C37H23NO. The fourth-order valence-corrected chi connectivity index (χ4v) is 6.75. The van der Waals surface area contributed by atoms with Crippen LogP contribution in [-0.2, 0) is 6.42 Å². The van der Waals surface area contributed by atoms with Gasteiger partial charge in [0.25, 0.3) is 0 Å². The second-order valence-electron chi connectivity index (χ2n) is 10.5. The number of fused-ring (bicyclic) bond motifs is 9. The van der Waals surface area contributed by atoms with Crippen molar-refractivity contribution in [2.75, 3.05) is 0 Å². The fraction of sp³-hybridized carbons (Fsp3) is 0.0270. The summed E-state index contributed by atoms with van der Waals surface area (Å²) >= 11 is 0. The number of nitrogens with zero attached hydrogens (tertiary/aromatic N) is 1. The smallest absolute Gasteiger partial charge is 0.143 e. The van der Waals surface area contributed by atoms with Crippen molar-refractivity contribution >= 4 is 43.7 Å². The molecular weight excluding hydrogens is 474 g/mol. The number of hydrogen-bond donors (Lipinski definition) is 0. The molecule has 2 aromatic heterocycles. The molecule has 2 nitrogen and oxygen atoms in total. The first-order valence-corrected chi connectivity index (χ1v) is 13.5. The molecule has 6 aromatic carbocycles. The van der Waals surface area contributed by atoms with Gasteiger partial charge in [-0.2, -0.15) is 0 Å². The van der Waals surface area contributed by atoms with Crippen LogP contribution in [0.4, 0.5) is 0 Å². The molecule has 0 unspecified atom stereocenters. The van der Waals surface area contributed by atoms with Crippen LogP contribution in [0.25, 0.3) is 71.7 Å². The summed E-state index contributed by atoms with van der Waals surface area (Å²) in [6, 6.07) is 46.0. The van der Waals surface area contributed by atoms with E-state index in [2.05, 4.69) is 126 Å². The lowest BCUT2D eigenvalue weighted by Gasteiger charge is -2.13. The molecule has 0 spiro atoms. The summed E-state index contributed by atoms with van der Waals surface area (Å²) in [4.78, 5) is 0. The molecule has 0 amide bonds. The zero-order valence-electron chi connectivity index (χ0n) is 21.2. The van der Waals surface area contributed by atoms with Gasteiger partial charge < -0.3 is 8.98 Å². The maximum Gasteiger partial charge on any atom is 0.143 e. The number of rotatable bonds is 2. The maximum absolute atomic E-state index is 6.46. The molecule has 9 rings (SSSR count). The Hall–Kier alpha value is -5.08. The summed E-state index contributed by atoms with van der Waals surface area (Å²) in [5.41, 5.74) is 13.3. The van der Waals surface area contributed by atoms with Gasteiger partial charge in [-0.25, -0.2) is 0 Å². The molecule has 0 fully saturated rings. The van der Waals surface area contributed by atoms with Gasteiger partial charge in [0.15, 0.2) is 0 Å². The van der Waals surface area contributed by atoms with Gasteiger partial charge in [-0.3, -0.25) is 0 Å². The predicted octanol–water partition coefficient (Wildman–Crippen LogP) is 9.92. The molecule has 0 aliphatic heterocycles. The first kappa shape index (κ1) is 20.9. The van der Waals surface area contributed by atoms with E-state index in [1.165, 1.54) is 55.3 Å². The van der Waals surface area contributed by atoms with E-state index in [0.717, 1.165) is 33.9 Å². The standard InChI is InChI=1S/C37H23NO/c1-4-16-33-26(10-1)27-11-2-5-17-34(27)38(33)25-20-19-23-21-24-9-7-13-29(36(24)32(23)22-25)31-15-8-14-30-28-12-3-6-18-35(28)39-37(30)31/h1-20,22H,21H2. The van der Waals surface area contributed by atoms with Crippen molar-refractivity contribution < 1.29 is 4.42 Å². The van der Waals surface area contributed by atoms with Crippen LogP contribution in [0.3, 0.4) is 0 Å². The van der Waals surface area contributed by atoms with Crippen LogP contribution in [0.1, 0.15) is 11.1 Å². The van der Waals surface area contributed by atoms with E-state index >= 15 is 0 Å². The molecule has 0 atom stereocenters. The third-order valence-corrected chi connectivity index (χ3v) is 8.43. The Labute approximate surface area is 225 Å². The summed E-state index contributed by atoms with van der Waals surface area (Å²) in [6.07, 6.45) is 0.946. The third-order valence-electron chi connectivity index (χ3n) is 8.43. The Kier molecular flexibility index (Phi) is 4.14.